The van der Waals surface area contributed by atoms with Gasteiger partial charge in [-0.15, -0.1) is 10.2 Å². The number of ether oxygens (including phenoxy) is 1. The second-order valence-electron chi connectivity index (χ2n) is 6.99. The Labute approximate surface area is 165 Å². The maximum absolute atomic E-state index is 14.0. The Morgan fingerprint density at radius 1 is 1.27 bits per heavy atom. The Bertz CT molecular complexity index is 745. The molecule has 5 nitrogen and oxygen atoms in total. The fraction of sp³-hybridized carbons (Fsp3) is 0.556. The maximum atomic E-state index is 14.0. The lowest BCUT2D eigenvalue weighted by Gasteiger charge is -2.33. The van der Waals surface area contributed by atoms with Crippen LogP contribution in [0.1, 0.15) is 19.3 Å². The molecule has 3 heterocycles. The molecule has 1 unspecified atom stereocenters. The molecular weight excluding hydrogens is 419 g/mol. The highest BCUT2D eigenvalue weighted by molar-refractivity contribution is 9.10. The van der Waals surface area contributed by atoms with Gasteiger partial charge in [-0.2, -0.15) is 0 Å². The number of hydrogen-bond acceptors (Lipinski definition) is 6. The predicted molar refractivity (Wildman–Crippen MR) is 105 cm³/mol. The first-order valence-electron chi connectivity index (χ1n) is 9.03. The van der Waals surface area contributed by atoms with Crippen molar-refractivity contribution in [2.75, 3.05) is 38.2 Å². The molecule has 4 rings (SSSR count). The van der Waals surface area contributed by atoms with Crippen molar-refractivity contribution in [1.82, 2.24) is 15.1 Å². The monoisotopic (exact) mass is 440 g/mol. The van der Waals surface area contributed by atoms with Gasteiger partial charge in [-0.3, -0.25) is 0 Å². The SMILES string of the molecule is Fc1ccc(Br)cc1-c1nnc(NC2CCN(CC3CCOC3)CC2)s1. The van der Waals surface area contributed by atoms with Crippen LogP contribution in [0.15, 0.2) is 22.7 Å². The van der Waals surface area contributed by atoms with Crippen molar-refractivity contribution in [2.45, 2.75) is 25.3 Å². The third-order valence-corrected chi connectivity index (χ3v) is 6.42. The quantitative estimate of drug-likeness (QED) is 0.760. The highest BCUT2D eigenvalue weighted by atomic mass is 79.9. The Kier molecular flexibility index (Phi) is 5.83. The van der Waals surface area contributed by atoms with Gasteiger partial charge in [0, 0.05) is 42.3 Å². The van der Waals surface area contributed by atoms with Crippen LogP contribution in [0.5, 0.6) is 0 Å². The second-order valence-corrected chi connectivity index (χ2v) is 8.88. The molecule has 1 aromatic heterocycles. The summed E-state index contributed by atoms with van der Waals surface area (Å²) in [6.07, 6.45) is 3.37. The van der Waals surface area contributed by atoms with Crippen LogP contribution in [0.3, 0.4) is 0 Å². The standard InChI is InChI=1S/C18H22BrFN4OS/c19-13-1-2-16(20)15(9-13)17-22-23-18(26-17)21-14-3-6-24(7-4-14)10-12-5-8-25-11-12/h1-2,9,12,14H,3-8,10-11H2,(H,21,23). The first kappa shape index (κ1) is 18.3. The van der Waals surface area contributed by atoms with E-state index in [0.29, 0.717) is 22.5 Å². The lowest BCUT2D eigenvalue weighted by Crippen LogP contribution is -2.41. The smallest absolute Gasteiger partial charge is 0.206 e. The van der Waals surface area contributed by atoms with Crippen LogP contribution in [-0.2, 0) is 4.74 Å². The van der Waals surface area contributed by atoms with Crippen LogP contribution in [0.4, 0.5) is 9.52 Å². The first-order valence-corrected chi connectivity index (χ1v) is 10.6. The molecule has 0 spiro atoms. The molecule has 2 aliphatic heterocycles. The van der Waals surface area contributed by atoms with E-state index in [1.165, 1.54) is 23.8 Å². The molecule has 1 atom stereocenters. The molecule has 140 valence electrons. The maximum Gasteiger partial charge on any atom is 0.206 e. The number of anilines is 1. The summed E-state index contributed by atoms with van der Waals surface area (Å²) in [6.45, 7) is 5.18. The Morgan fingerprint density at radius 3 is 2.88 bits per heavy atom. The lowest BCUT2D eigenvalue weighted by atomic mass is 10.0. The highest BCUT2D eigenvalue weighted by Gasteiger charge is 2.24. The number of aromatic nitrogens is 2. The fourth-order valence-electron chi connectivity index (χ4n) is 3.58. The topological polar surface area (TPSA) is 50.3 Å². The summed E-state index contributed by atoms with van der Waals surface area (Å²) >= 11 is 4.78. The second kappa shape index (κ2) is 8.29. The average Bonchev–Trinajstić information content (AvgIpc) is 3.31. The van der Waals surface area contributed by atoms with Crippen molar-refractivity contribution < 1.29 is 9.13 Å². The van der Waals surface area contributed by atoms with Gasteiger partial charge >= 0.3 is 0 Å². The van der Waals surface area contributed by atoms with Gasteiger partial charge in [-0.1, -0.05) is 27.3 Å². The minimum Gasteiger partial charge on any atom is -0.381 e. The van der Waals surface area contributed by atoms with Crippen LogP contribution < -0.4 is 5.32 Å². The van der Waals surface area contributed by atoms with E-state index in [2.05, 4.69) is 36.3 Å². The van der Waals surface area contributed by atoms with Gasteiger partial charge in [0.1, 0.15) is 5.82 Å². The summed E-state index contributed by atoms with van der Waals surface area (Å²) in [5, 5.41) is 13.2. The van der Waals surface area contributed by atoms with Crippen LogP contribution in [-0.4, -0.2) is 54.0 Å². The number of piperidine rings is 1. The number of likely N-dealkylation sites (tertiary alicyclic amines) is 1. The van der Waals surface area contributed by atoms with Crippen LogP contribution >= 0.6 is 27.3 Å². The van der Waals surface area contributed by atoms with E-state index >= 15 is 0 Å². The van der Waals surface area contributed by atoms with E-state index in [1.807, 2.05) is 0 Å². The van der Waals surface area contributed by atoms with E-state index in [-0.39, 0.29) is 5.82 Å². The summed E-state index contributed by atoms with van der Waals surface area (Å²) in [7, 11) is 0. The Hall–Kier alpha value is -1.09. The normalized spacial score (nSPS) is 22.0. The average molecular weight is 441 g/mol. The van der Waals surface area contributed by atoms with Crippen LogP contribution in [0.25, 0.3) is 10.6 Å². The van der Waals surface area contributed by atoms with Gasteiger partial charge in [0.15, 0.2) is 5.01 Å². The number of halogens is 2. The van der Waals surface area contributed by atoms with Crippen molar-refractivity contribution in [1.29, 1.82) is 0 Å². The molecule has 0 bridgehead atoms. The van der Waals surface area contributed by atoms with E-state index in [1.54, 1.807) is 12.1 Å². The molecular formula is C18H22BrFN4OS. The lowest BCUT2D eigenvalue weighted by molar-refractivity contribution is 0.154. The summed E-state index contributed by atoms with van der Waals surface area (Å²) in [4.78, 5) is 2.54. The molecule has 8 heteroatoms. The van der Waals surface area contributed by atoms with Crippen molar-refractivity contribution in [3.63, 3.8) is 0 Å². The predicted octanol–water partition coefficient (Wildman–Crippen LogP) is 4.02. The number of nitrogens with one attached hydrogen (secondary N) is 1. The number of hydrogen-bond donors (Lipinski definition) is 1. The molecule has 2 saturated heterocycles. The molecule has 0 saturated carbocycles. The summed E-state index contributed by atoms with van der Waals surface area (Å²) in [6, 6.07) is 5.27. The summed E-state index contributed by atoms with van der Waals surface area (Å²) in [5.41, 5.74) is 0.485. The molecule has 2 fully saturated rings. The number of rotatable bonds is 5. The van der Waals surface area contributed by atoms with Gasteiger partial charge in [-0.25, -0.2) is 4.39 Å². The molecule has 2 aromatic rings. The van der Waals surface area contributed by atoms with E-state index in [0.717, 1.165) is 55.3 Å². The molecule has 0 aliphatic carbocycles. The van der Waals surface area contributed by atoms with Gasteiger partial charge in [0.25, 0.3) is 0 Å². The van der Waals surface area contributed by atoms with Gasteiger partial charge < -0.3 is 15.0 Å². The number of nitrogens with zero attached hydrogens (tertiary/aromatic N) is 3. The first-order chi connectivity index (χ1) is 12.7. The zero-order chi connectivity index (χ0) is 17.9. The highest BCUT2D eigenvalue weighted by Crippen LogP contribution is 2.31. The third kappa shape index (κ3) is 4.42. The van der Waals surface area contributed by atoms with E-state index < -0.39 is 0 Å². The Balaban J connectivity index is 1.31. The van der Waals surface area contributed by atoms with E-state index in [4.69, 9.17) is 4.74 Å². The van der Waals surface area contributed by atoms with Crippen LogP contribution in [0.2, 0.25) is 0 Å². The molecule has 0 radical (unpaired) electrons. The minimum atomic E-state index is -0.278. The van der Waals surface area contributed by atoms with Gasteiger partial charge in [-0.05, 0) is 43.4 Å². The van der Waals surface area contributed by atoms with Gasteiger partial charge in [0.05, 0.1) is 6.61 Å². The summed E-state index contributed by atoms with van der Waals surface area (Å²) in [5.74, 6) is 0.422. The fourth-order valence-corrected chi connectivity index (χ4v) is 4.78. The zero-order valence-corrected chi connectivity index (χ0v) is 16.9. The molecule has 2 aliphatic rings. The minimum absolute atomic E-state index is 0.278. The van der Waals surface area contributed by atoms with Crippen molar-refractivity contribution in [2.24, 2.45) is 5.92 Å². The van der Waals surface area contributed by atoms with Gasteiger partial charge in [0.2, 0.25) is 5.13 Å². The van der Waals surface area contributed by atoms with Crippen LogP contribution in [0, 0.1) is 11.7 Å². The summed E-state index contributed by atoms with van der Waals surface area (Å²) < 4.78 is 20.3. The van der Waals surface area contributed by atoms with Crippen molar-refractivity contribution in [3.05, 3.63) is 28.5 Å². The number of benzene rings is 1. The third-order valence-electron chi connectivity index (χ3n) is 5.04. The van der Waals surface area contributed by atoms with Crippen molar-refractivity contribution in [3.8, 4) is 10.6 Å². The largest absolute Gasteiger partial charge is 0.381 e. The molecule has 26 heavy (non-hydrogen) atoms. The molecule has 0 amide bonds. The molecule has 1 aromatic carbocycles. The Morgan fingerprint density at radius 2 is 2.12 bits per heavy atom. The van der Waals surface area contributed by atoms with E-state index in [9.17, 15) is 4.39 Å². The zero-order valence-electron chi connectivity index (χ0n) is 14.5. The molecule has 1 N–H and O–H groups in total. The van der Waals surface area contributed by atoms with Crippen molar-refractivity contribution >= 4 is 32.4 Å².